The summed E-state index contributed by atoms with van der Waals surface area (Å²) in [7, 11) is 3.00. The third-order valence-electron chi connectivity index (χ3n) is 2.43. The Hall–Kier alpha value is -1.55. The fourth-order valence-electron chi connectivity index (χ4n) is 1.52. The van der Waals surface area contributed by atoms with E-state index in [1.807, 2.05) is 31.2 Å². The molecule has 0 aliphatic rings. The van der Waals surface area contributed by atoms with Gasteiger partial charge in [-0.15, -0.1) is 0 Å². The Morgan fingerprint density at radius 1 is 1.29 bits per heavy atom. The molecule has 0 saturated carbocycles. The van der Waals surface area contributed by atoms with E-state index < -0.39 is 0 Å². The summed E-state index contributed by atoms with van der Waals surface area (Å²) in [5.41, 5.74) is 2.17. The van der Waals surface area contributed by atoms with Gasteiger partial charge in [0, 0.05) is 12.8 Å². The minimum atomic E-state index is -0.244. The lowest BCUT2D eigenvalue weighted by atomic mass is 10.2. The zero-order chi connectivity index (χ0) is 12.7. The van der Waals surface area contributed by atoms with Gasteiger partial charge in [0.15, 0.2) is 0 Å². The van der Waals surface area contributed by atoms with Crippen LogP contribution in [0.5, 0.6) is 0 Å². The van der Waals surface area contributed by atoms with Gasteiger partial charge >= 0.3 is 5.97 Å². The van der Waals surface area contributed by atoms with Crippen LogP contribution in [-0.2, 0) is 14.3 Å². The summed E-state index contributed by atoms with van der Waals surface area (Å²) >= 11 is 0. The molecule has 0 saturated heterocycles. The van der Waals surface area contributed by atoms with Crippen molar-refractivity contribution in [3.63, 3.8) is 0 Å². The van der Waals surface area contributed by atoms with Crippen LogP contribution in [0.2, 0.25) is 0 Å². The van der Waals surface area contributed by atoms with E-state index in [4.69, 9.17) is 4.74 Å². The van der Waals surface area contributed by atoms with E-state index in [-0.39, 0.29) is 18.4 Å². The van der Waals surface area contributed by atoms with E-state index in [9.17, 15) is 4.79 Å². The van der Waals surface area contributed by atoms with Gasteiger partial charge in [-0.05, 0) is 19.1 Å². The van der Waals surface area contributed by atoms with E-state index in [1.54, 1.807) is 7.11 Å². The van der Waals surface area contributed by atoms with Crippen LogP contribution >= 0.6 is 0 Å². The van der Waals surface area contributed by atoms with Crippen molar-refractivity contribution in [2.45, 2.75) is 19.4 Å². The molecule has 1 atom stereocenters. The number of hydrogen-bond donors (Lipinski definition) is 1. The minimum Gasteiger partial charge on any atom is -0.469 e. The molecule has 4 heteroatoms. The zero-order valence-electron chi connectivity index (χ0n) is 10.5. The molecular formula is C13H19NO3. The Kier molecular flexibility index (Phi) is 5.49. The van der Waals surface area contributed by atoms with E-state index in [1.165, 1.54) is 12.7 Å². The van der Waals surface area contributed by atoms with Gasteiger partial charge in [-0.1, -0.05) is 17.7 Å². The topological polar surface area (TPSA) is 47.6 Å². The standard InChI is InChI=1S/C13H19NO3/c1-10-4-6-11(7-5-10)14-12(9-16-2)8-13(15)17-3/h4-7,12,14H,8-9H2,1-3H3. The van der Waals surface area contributed by atoms with Crippen LogP contribution in [0.3, 0.4) is 0 Å². The van der Waals surface area contributed by atoms with Gasteiger partial charge in [0.1, 0.15) is 0 Å². The predicted octanol–water partition coefficient (Wildman–Crippen LogP) is 1.99. The van der Waals surface area contributed by atoms with Crippen molar-refractivity contribution < 1.29 is 14.3 Å². The molecule has 1 N–H and O–H groups in total. The van der Waals surface area contributed by atoms with Crippen molar-refractivity contribution in [3.8, 4) is 0 Å². The lowest BCUT2D eigenvalue weighted by Crippen LogP contribution is -2.28. The molecule has 0 fully saturated rings. The number of esters is 1. The molecule has 1 rings (SSSR count). The first-order chi connectivity index (χ1) is 8.15. The lowest BCUT2D eigenvalue weighted by Gasteiger charge is -2.18. The average molecular weight is 237 g/mol. The molecule has 1 unspecified atom stereocenters. The number of nitrogens with one attached hydrogen (secondary N) is 1. The van der Waals surface area contributed by atoms with E-state index in [0.29, 0.717) is 6.61 Å². The summed E-state index contributed by atoms with van der Waals surface area (Å²) in [6.07, 6.45) is 0.290. The molecule has 0 spiro atoms. The SMILES string of the molecule is COCC(CC(=O)OC)Nc1ccc(C)cc1. The number of anilines is 1. The summed E-state index contributed by atoms with van der Waals surface area (Å²) in [6, 6.07) is 7.93. The highest BCUT2D eigenvalue weighted by Gasteiger charge is 2.13. The van der Waals surface area contributed by atoms with Gasteiger partial charge in [-0.25, -0.2) is 0 Å². The number of hydrogen-bond acceptors (Lipinski definition) is 4. The molecule has 1 aromatic carbocycles. The van der Waals surface area contributed by atoms with Gasteiger partial charge in [0.2, 0.25) is 0 Å². The zero-order valence-corrected chi connectivity index (χ0v) is 10.5. The van der Waals surface area contributed by atoms with Gasteiger partial charge in [-0.2, -0.15) is 0 Å². The molecule has 94 valence electrons. The van der Waals surface area contributed by atoms with Gasteiger partial charge in [-0.3, -0.25) is 4.79 Å². The minimum absolute atomic E-state index is 0.0739. The Morgan fingerprint density at radius 3 is 2.47 bits per heavy atom. The van der Waals surface area contributed by atoms with Crippen molar-refractivity contribution >= 4 is 11.7 Å². The highest BCUT2D eigenvalue weighted by Crippen LogP contribution is 2.11. The molecule has 0 heterocycles. The molecule has 0 bridgehead atoms. The van der Waals surface area contributed by atoms with E-state index in [2.05, 4.69) is 10.1 Å². The summed E-state index contributed by atoms with van der Waals surface area (Å²) in [6.45, 7) is 2.49. The number of carbonyl (C=O) groups is 1. The van der Waals surface area contributed by atoms with Gasteiger partial charge in [0.05, 0.1) is 26.2 Å². The molecule has 0 aliphatic carbocycles. The number of ether oxygens (including phenoxy) is 2. The maximum absolute atomic E-state index is 11.2. The second-order valence-electron chi connectivity index (χ2n) is 3.94. The number of aryl methyl sites for hydroxylation is 1. The van der Waals surface area contributed by atoms with Crippen molar-refractivity contribution in [1.29, 1.82) is 0 Å². The predicted molar refractivity (Wildman–Crippen MR) is 67.1 cm³/mol. The Bertz CT molecular complexity index is 348. The second-order valence-corrected chi connectivity index (χ2v) is 3.94. The third kappa shape index (κ3) is 4.87. The van der Waals surface area contributed by atoms with E-state index >= 15 is 0 Å². The third-order valence-corrected chi connectivity index (χ3v) is 2.43. The molecule has 0 radical (unpaired) electrons. The number of carbonyl (C=O) groups excluding carboxylic acids is 1. The summed E-state index contributed by atoms with van der Waals surface area (Å²) in [4.78, 5) is 11.2. The second kappa shape index (κ2) is 6.91. The lowest BCUT2D eigenvalue weighted by molar-refractivity contribution is -0.141. The number of rotatable bonds is 6. The van der Waals surface area contributed by atoms with Crippen molar-refractivity contribution in [2.24, 2.45) is 0 Å². The molecule has 0 amide bonds. The Labute approximate surface area is 102 Å². The largest absolute Gasteiger partial charge is 0.469 e. The van der Waals surface area contributed by atoms with Crippen LogP contribution in [0.15, 0.2) is 24.3 Å². The van der Waals surface area contributed by atoms with Crippen LogP contribution in [0.1, 0.15) is 12.0 Å². The van der Waals surface area contributed by atoms with Gasteiger partial charge in [0.25, 0.3) is 0 Å². The number of benzene rings is 1. The van der Waals surface area contributed by atoms with Crippen LogP contribution < -0.4 is 5.32 Å². The molecule has 4 nitrogen and oxygen atoms in total. The highest BCUT2D eigenvalue weighted by molar-refractivity contribution is 5.70. The number of methoxy groups -OCH3 is 2. The van der Waals surface area contributed by atoms with Crippen LogP contribution in [0.25, 0.3) is 0 Å². The first-order valence-corrected chi connectivity index (χ1v) is 5.54. The fourth-order valence-corrected chi connectivity index (χ4v) is 1.52. The van der Waals surface area contributed by atoms with Gasteiger partial charge < -0.3 is 14.8 Å². The summed E-state index contributed by atoms with van der Waals surface area (Å²) in [5, 5.41) is 3.25. The molecule has 0 aromatic heterocycles. The van der Waals surface area contributed by atoms with E-state index in [0.717, 1.165) is 5.69 Å². The molecule has 1 aromatic rings. The van der Waals surface area contributed by atoms with Crippen LogP contribution in [-0.4, -0.2) is 32.8 Å². The van der Waals surface area contributed by atoms with Crippen molar-refractivity contribution in [1.82, 2.24) is 0 Å². The average Bonchev–Trinajstić information content (AvgIpc) is 2.32. The summed E-state index contributed by atoms with van der Waals surface area (Å²) in [5.74, 6) is -0.244. The molecular weight excluding hydrogens is 218 g/mol. The van der Waals surface area contributed by atoms with Crippen molar-refractivity contribution in [3.05, 3.63) is 29.8 Å². The maximum atomic E-state index is 11.2. The highest BCUT2D eigenvalue weighted by atomic mass is 16.5. The first-order valence-electron chi connectivity index (χ1n) is 5.54. The maximum Gasteiger partial charge on any atom is 0.307 e. The first kappa shape index (κ1) is 13.5. The smallest absolute Gasteiger partial charge is 0.307 e. The van der Waals surface area contributed by atoms with Crippen molar-refractivity contribution in [2.75, 3.05) is 26.1 Å². The van der Waals surface area contributed by atoms with Crippen LogP contribution in [0, 0.1) is 6.92 Å². The molecule has 0 aliphatic heterocycles. The fraction of sp³-hybridized carbons (Fsp3) is 0.462. The normalized spacial score (nSPS) is 11.9. The Morgan fingerprint density at radius 2 is 1.94 bits per heavy atom. The quantitative estimate of drug-likeness (QED) is 0.769. The molecule has 17 heavy (non-hydrogen) atoms. The van der Waals surface area contributed by atoms with Crippen LogP contribution in [0.4, 0.5) is 5.69 Å². The Balaban J connectivity index is 2.59. The monoisotopic (exact) mass is 237 g/mol. The summed E-state index contributed by atoms with van der Waals surface area (Å²) < 4.78 is 9.72.